The van der Waals surface area contributed by atoms with Crippen molar-refractivity contribution >= 4 is 12.2 Å². The number of rotatable bonds is 4. The van der Waals surface area contributed by atoms with Crippen LogP contribution in [0.2, 0.25) is 0 Å². The van der Waals surface area contributed by atoms with Gasteiger partial charge in [0.2, 0.25) is 0 Å². The lowest BCUT2D eigenvalue weighted by atomic mass is 10.1. The molecule has 0 spiro atoms. The number of amides is 1. The van der Waals surface area contributed by atoms with E-state index in [-0.39, 0.29) is 30.0 Å². The minimum absolute atomic E-state index is 0.0380. The van der Waals surface area contributed by atoms with Crippen molar-refractivity contribution in [2.24, 2.45) is 0 Å². The van der Waals surface area contributed by atoms with Crippen LogP contribution in [0.4, 0.5) is 0 Å². The monoisotopic (exact) mass is 344 g/mol. The molecule has 0 radical (unpaired) electrons. The first kappa shape index (κ1) is 16.6. The lowest BCUT2D eigenvalue weighted by molar-refractivity contribution is 0.00252. The molecule has 0 aliphatic carbocycles. The van der Waals surface area contributed by atoms with Gasteiger partial charge in [-0.25, -0.2) is 5.01 Å². The molecule has 0 fully saturated rings. The van der Waals surface area contributed by atoms with Gasteiger partial charge in [-0.2, -0.15) is 0 Å². The van der Waals surface area contributed by atoms with Crippen molar-refractivity contribution in [2.75, 3.05) is 7.05 Å². The summed E-state index contributed by atoms with van der Waals surface area (Å²) in [6, 6.07) is 5.61. The average molecular weight is 344 g/mol. The van der Waals surface area contributed by atoms with Gasteiger partial charge in [-0.15, -0.1) is 0 Å². The first-order chi connectivity index (χ1) is 11.8. The molecule has 130 valence electrons. The molecule has 1 aliphatic heterocycles. The van der Waals surface area contributed by atoms with Gasteiger partial charge in [0.1, 0.15) is 0 Å². The molecular formula is C17H16N2O6. The summed E-state index contributed by atoms with van der Waals surface area (Å²) in [5.41, 5.74) is 0.965. The highest BCUT2D eigenvalue weighted by Crippen LogP contribution is 2.37. The molecular weight excluding hydrogens is 328 g/mol. The van der Waals surface area contributed by atoms with Crippen molar-refractivity contribution in [3.63, 3.8) is 0 Å². The summed E-state index contributed by atoms with van der Waals surface area (Å²) in [6.45, 7) is 0.299. The number of hydrogen-bond donors (Lipinski definition) is 4. The minimum atomic E-state index is -0.514. The van der Waals surface area contributed by atoms with Crippen LogP contribution in [0.25, 0.3) is 0 Å². The topological polar surface area (TPSA) is 122 Å². The van der Waals surface area contributed by atoms with E-state index in [1.54, 1.807) is 13.1 Å². The number of carbonyl (C=O) groups is 2. The SMILES string of the molecule is CN(Cc1ccc(O)c(O)c1C=O)N1Cc2ccc(O)c(O)c2C1=O. The normalized spacial score (nSPS) is 13.4. The number of phenols is 4. The molecule has 0 bridgehead atoms. The molecule has 0 saturated heterocycles. The van der Waals surface area contributed by atoms with Crippen molar-refractivity contribution < 1.29 is 30.0 Å². The molecule has 0 saturated carbocycles. The largest absolute Gasteiger partial charge is 0.504 e. The third-order valence-electron chi connectivity index (χ3n) is 4.23. The lowest BCUT2D eigenvalue weighted by Gasteiger charge is -2.28. The summed E-state index contributed by atoms with van der Waals surface area (Å²) in [4.78, 5) is 23.7. The minimum Gasteiger partial charge on any atom is -0.504 e. The van der Waals surface area contributed by atoms with Gasteiger partial charge >= 0.3 is 0 Å². The Morgan fingerprint density at radius 3 is 2.40 bits per heavy atom. The fourth-order valence-electron chi connectivity index (χ4n) is 2.87. The van der Waals surface area contributed by atoms with E-state index in [0.29, 0.717) is 17.4 Å². The van der Waals surface area contributed by atoms with Gasteiger partial charge in [0.15, 0.2) is 29.3 Å². The smallest absolute Gasteiger partial charge is 0.272 e. The first-order valence-corrected chi connectivity index (χ1v) is 7.40. The number of aldehydes is 1. The van der Waals surface area contributed by atoms with E-state index in [4.69, 9.17) is 0 Å². The van der Waals surface area contributed by atoms with E-state index in [2.05, 4.69) is 0 Å². The van der Waals surface area contributed by atoms with Crippen molar-refractivity contribution in [3.8, 4) is 23.0 Å². The molecule has 1 aliphatic rings. The second-order valence-corrected chi connectivity index (χ2v) is 5.77. The summed E-state index contributed by atoms with van der Waals surface area (Å²) in [7, 11) is 1.61. The standard InChI is InChI=1S/C17H16N2O6/c1-18(6-9-2-4-12(21)15(23)11(9)8-20)19-7-10-3-5-13(22)16(24)14(10)17(19)25/h2-5,8,21-24H,6-7H2,1H3. The highest BCUT2D eigenvalue weighted by molar-refractivity contribution is 6.01. The summed E-state index contributed by atoms with van der Waals surface area (Å²) in [5.74, 6) is -2.24. The molecule has 8 nitrogen and oxygen atoms in total. The predicted octanol–water partition coefficient (Wildman–Crippen LogP) is 1.32. The predicted molar refractivity (Wildman–Crippen MR) is 86.3 cm³/mol. The quantitative estimate of drug-likeness (QED) is 0.487. The van der Waals surface area contributed by atoms with E-state index in [0.717, 1.165) is 0 Å². The molecule has 8 heteroatoms. The molecule has 25 heavy (non-hydrogen) atoms. The van der Waals surface area contributed by atoms with Gasteiger partial charge in [0.25, 0.3) is 5.91 Å². The molecule has 1 heterocycles. The maximum Gasteiger partial charge on any atom is 0.272 e. The van der Waals surface area contributed by atoms with Crippen molar-refractivity contribution in [1.82, 2.24) is 10.0 Å². The van der Waals surface area contributed by atoms with Gasteiger partial charge in [-0.05, 0) is 23.3 Å². The van der Waals surface area contributed by atoms with E-state index >= 15 is 0 Å². The van der Waals surface area contributed by atoms with Gasteiger partial charge < -0.3 is 20.4 Å². The number of hydrogen-bond acceptors (Lipinski definition) is 7. The van der Waals surface area contributed by atoms with Crippen LogP contribution in [0, 0.1) is 0 Å². The van der Waals surface area contributed by atoms with Crippen LogP contribution in [0.15, 0.2) is 24.3 Å². The van der Waals surface area contributed by atoms with Crippen molar-refractivity contribution in [1.29, 1.82) is 0 Å². The average Bonchev–Trinajstić information content (AvgIpc) is 2.92. The Bertz CT molecular complexity index is 880. The second kappa shape index (κ2) is 5.99. The van der Waals surface area contributed by atoms with Crippen LogP contribution in [-0.2, 0) is 13.1 Å². The fraction of sp³-hybridized carbons (Fsp3) is 0.176. The Hall–Kier alpha value is -3.26. The highest BCUT2D eigenvalue weighted by Gasteiger charge is 2.34. The van der Waals surface area contributed by atoms with Crippen LogP contribution < -0.4 is 0 Å². The van der Waals surface area contributed by atoms with Gasteiger partial charge in [-0.1, -0.05) is 12.1 Å². The Kier molecular flexibility index (Phi) is 3.97. The zero-order valence-corrected chi connectivity index (χ0v) is 13.3. The van der Waals surface area contributed by atoms with E-state index in [9.17, 15) is 30.0 Å². The van der Waals surface area contributed by atoms with E-state index in [1.165, 1.54) is 28.2 Å². The summed E-state index contributed by atoms with van der Waals surface area (Å²) in [5, 5.41) is 41.6. The Morgan fingerprint density at radius 2 is 1.72 bits per heavy atom. The van der Waals surface area contributed by atoms with E-state index in [1.807, 2.05) is 0 Å². The highest BCUT2D eigenvalue weighted by atomic mass is 16.3. The van der Waals surface area contributed by atoms with Crippen LogP contribution >= 0.6 is 0 Å². The number of benzene rings is 2. The number of phenolic OH excluding ortho intramolecular Hbond substituents is 4. The summed E-state index contributed by atoms with van der Waals surface area (Å²) < 4.78 is 0. The van der Waals surface area contributed by atoms with Gasteiger partial charge in [0, 0.05) is 13.6 Å². The zero-order chi connectivity index (χ0) is 18.3. The van der Waals surface area contributed by atoms with Crippen LogP contribution in [-0.4, -0.2) is 49.7 Å². The number of carbonyl (C=O) groups excluding carboxylic acids is 2. The van der Waals surface area contributed by atoms with E-state index < -0.39 is 23.2 Å². The first-order valence-electron chi connectivity index (χ1n) is 7.40. The molecule has 3 rings (SSSR count). The van der Waals surface area contributed by atoms with Gasteiger partial charge in [-0.3, -0.25) is 14.6 Å². The number of fused-ring (bicyclic) bond motifs is 1. The maximum absolute atomic E-state index is 12.5. The van der Waals surface area contributed by atoms with Crippen LogP contribution in [0.5, 0.6) is 23.0 Å². The molecule has 0 unspecified atom stereocenters. The molecule has 4 N–H and O–H groups in total. The third kappa shape index (κ3) is 2.62. The van der Waals surface area contributed by atoms with Crippen LogP contribution in [0.1, 0.15) is 31.8 Å². The maximum atomic E-state index is 12.5. The summed E-state index contributed by atoms with van der Waals surface area (Å²) in [6.07, 6.45) is 0.433. The Morgan fingerprint density at radius 1 is 1.08 bits per heavy atom. The molecule has 1 amide bonds. The Labute approximate surface area is 142 Å². The van der Waals surface area contributed by atoms with Gasteiger partial charge in [0.05, 0.1) is 17.7 Å². The fourth-order valence-corrected chi connectivity index (χ4v) is 2.87. The summed E-state index contributed by atoms with van der Waals surface area (Å²) >= 11 is 0. The number of nitrogens with zero attached hydrogens (tertiary/aromatic N) is 2. The lowest BCUT2D eigenvalue weighted by Crippen LogP contribution is -2.39. The number of hydrazine groups is 1. The molecule has 2 aromatic carbocycles. The molecule has 0 aromatic heterocycles. The Balaban J connectivity index is 1.88. The number of aromatic hydroxyl groups is 4. The van der Waals surface area contributed by atoms with Crippen LogP contribution in [0.3, 0.4) is 0 Å². The van der Waals surface area contributed by atoms with Crippen molar-refractivity contribution in [3.05, 3.63) is 46.5 Å². The third-order valence-corrected chi connectivity index (χ3v) is 4.23. The second-order valence-electron chi connectivity index (χ2n) is 5.77. The zero-order valence-electron chi connectivity index (χ0n) is 13.3. The molecule has 0 atom stereocenters. The molecule has 2 aromatic rings. The van der Waals surface area contributed by atoms with Crippen molar-refractivity contribution in [2.45, 2.75) is 13.1 Å².